The van der Waals surface area contributed by atoms with Crippen LogP contribution in [0.3, 0.4) is 0 Å². The van der Waals surface area contributed by atoms with Gasteiger partial charge in [-0.2, -0.15) is 0 Å². The molecule has 134 valence electrons. The average molecular weight is 377 g/mol. The molecule has 0 aliphatic heterocycles. The van der Waals surface area contributed by atoms with Crippen LogP contribution >= 0.6 is 11.6 Å². The largest absolute Gasteiger partial charge is 0.322 e. The van der Waals surface area contributed by atoms with Gasteiger partial charge in [0.1, 0.15) is 0 Å². The average Bonchev–Trinajstić information content (AvgIpc) is 2.68. The SMILES string of the molecule is O=C(C=Cc1ccc(Cl)cc1)Nc1cccc(NC(=O)c2ccccc2)c1. The lowest BCUT2D eigenvalue weighted by atomic mass is 10.2. The van der Waals surface area contributed by atoms with Crippen LogP contribution < -0.4 is 10.6 Å². The van der Waals surface area contributed by atoms with Gasteiger partial charge in [-0.1, -0.05) is 48.0 Å². The lowest BCUT2D eigenvalue weighted by Crippen LogP contribution is -2.12. The normalized spacial score (nSPS) is 10.6. The minimum atomic E-state index is -0.267. The molecule has 3 aromatic rings. The molecule has 2 N–H and O–H groups in total. The minimum absolute atomic E-state index is 0.207. The van der Waals surface area contributed by atoms with Gasteiger partial charge in [-0.3, -0.25) is 9.59 Å². The van der Waals surface area contributed by atoms with E-state index < -0.39 is 0 Å². The summed E-state index contributed by atoms with van der Waals surface area (Å²) in [7, 11) is 0. The predicted octanol–water partition coefficient (Wildman–Crippen LogP) is 5.24. The van der Waals surface area contributed by atoms with Crippen molar-refractivity contribution in [1.29, 1.82) is 0 Å². The molecule has 0 spiro atoms. The third-order valence-corrected chi connectivity index (χ3v) is 3.97. The van der Waals surface area contributed by atoms with Crippen molar-refractivity contribution in [2.45, 2.75) is 0 Å². The monoisotopic (exact) mass is 376 g/mol. The molecule has 0 aromatic heterocycles. The molecular weight excluding hydrogens is 360 g/mol. The van der Waals surface area contributed by atoms with E-state index >= 15 is 0 Å². The summed E-state index contributed by atoms with van der Waals surface area (Å²) < 4.78 is 0. The van der Waals surface area contributed by atoms with Crippen LogP contribution in [0.5, 0.6) is 0 Å². The molecule has 3 aromatic carbocycles. The third-order valence-electron chi connectivity index (χ3n) is 3.72. The van der Waals surface area contributed by atoms with Crippen LogP contribution in [0, 0.1) is 0 Å². The number of rotatable bonds is 5. The Kier molecular flexibility index (Phi) is 6.02. The number of halogens is 1. The Balaban J connectivity index is 1.62. The number of anilines is 2. The molecule has 3 rings (SSSR count). The number of amides is 2. The molecule has 4 nitrogen and oxygen atoms in total. The van der Waals surface area contributed by atoms with E-state index in [9.17, 15) is 9.59 Å². The van der Waals surface area contributed by atoms with Crippen LogP contribution in [0.1, 0.15) is 15.9 Å². The van der Waals surface area contributed by atoms with E-state index in [0.717, 1.165) is 5.56 Å². The van der Waals surface area contributed by atoms with Gasteiger partial charge in [0, 0.05) is 28.0 Å². The maximum Gasteiger partial charge on any atom is 0.255 e. The Hall–Kier alpha value is -3.37. The molecule has 0 atom stereocenters. The zero-order chi connectivity index (χ0) is 19.1. The van der Waals surface area contributed by atoms with Gasteiger partial charge in [0.05, 0.1) is 0 Å². The second-order valence-corrected chi connectivity index (χ2v) is 6.21. The third kappa shape index (κ3) is 5.56. The summed E-state index contributed by atoms with van der Waals surface area (Å²) in [6.07, 6.45) is 3.14. The first-order valence-electron chi connectivity index (χ1n) is 8.31. The molecule has 0 aliphatic carbocycles. The van der Waals surface area contributed by atoms with Crippen LogP contribution in [-0.4, -0.2) is 11.8 Å². The first kappa shape index (κ1) is 18.4. The highest BCUT2D eigenvalue weighted by Gasteiger charge is 2.06. The van der Waals surface area contributed by atoms with Gasteiger partial charge in [-0.05, 0) is 54.1 Å². The van der Waals surface area contributed by atoms with Gasteiger partial charge < -0.3 is 10.6 Å². The summed E-state index contributed by atoms with van der Waals surface area (Å²) in [6, 6.07) is 23.1. The van der Waals surface area contributed by atoms with Gasteiger partial charge in [-0.25, -0.2) is 0 Å². The van der Waals surface area contributed by atoms with E-state index in [1.165, 1.54) is 6.08 Å². The van der Waals surface area contributed by atoms with Crippen LogP contribution in [0.25, 0.3) is 6.08 Å². The van der Waals surface area contributed by atoms with Crippen LogP contribution in [0.4, 0.5) is 11.4 Å². The molecular formula is C22H17ClN2O2. The van der Waals surface area contributed by atoms with Gasteiger partial charge in [0.25, 0.3) is 5.91 Å². The van der Waals surface area contributed by atoms with E-state index in [1.807, 2.05) is 18.2 Å². The lowest BCUT2D eigenvalue weighted by molar-refractivity contribution is -0.111. The Morgan fingerprint density at radius 2 is 1.44 bits per heavy atom. The number of carbonyl (C=O) groups is 2. The highest BCUT2D eigenvalue weighted by atomic mass is 35.5. The van der Waals surface area contributed by atoms with Crippen molar-refractivity contribution in [3.05, 3.63) is 101 Å². The first-order chi connectivity index (χ1) is 13.1. The second kappa shape index (κ2) is 8.83. The summed E-state index contributed by atoms with van der Waals surface area (Å²) in [5.74, 6) is -0.474. The van der Waals surface area contributed by atoms with Gasteiger partial charge in [-0.15, -0.1) is 0 Å². The highest BCUT2D eigenvalue weighted by Crippen LogP contribution is 2.16. The highest BCUT2D eigenvalue weighted by molar-refractivity contribution is 6.30. The summed E-state index contributed by atoms with van der Waals surface area (Å²) in [6.45, 7) is 0. The van der Waals surface area contributed by atoms with Gasteiger partial charge in [0.15, 0.2) is 0 Å². The van der Waals surface area contributed by atoms with Crippen LogP contribution in [-0.2, 0) is 4.79 Å². The van der Waals surface area contributed by atoms with Gasteiger partial charge in [0.2, 0.25) is 5.91 Å². The van der Waals surface area contributed by atoms with Crippen molar-refractivity contribution in [2.24, 2.45) is 0 Å². The van der Waals surface area contributed by atoms with E-state index in [0.29, 0.717) is 22.0 Å². The molecule has 2 amide bonds. The smallest absolute Gasteiger partial charge is 0.255 e. The minimum Gasteiger partial charge on any atom is -0.322 e. The number of hydrogen-bond donors (Lipinski definition) is 2. The molecule has 0 saturated carbocycles. The maximum absolute atomic E-state index is 12.2. The number of hydrogen-bond acceptors (Lipinski definition) is 2. The Bertz CT molecular complexity index is 967. The number of benzene rings is 3. The summed E-state index contributed by atoms with van der Waals surface area (Å²) in [4.78, 5) is 24.3. The summed E-state index contributed by atoms with van der Waals surface area (Å²) in [5, 5.41) is 6.23. The first-order valence-corrected chi connectivity index (χ1v) is 8.69. The Morgan fingerprint density at radius 1 is 0.778 bits per heavy atom. The molecule has 0 fully saturated rings. The summed E-state index contributed by atoms with van der Waals surface area (Å²) >= 11 is 5.84. The molecule has 0 saturated heterocycles. The Labute approximate surface area is 162 Å². The Morgan fingerprint density at radius 3 is 2.15 bits per heavy atom. The van der Waals surface area contributed by atoms with Crippen molar-refractivity contribution < 1.29 is 9.59 Å². The van der Waals surface area contributed by atoms with E-state index in [2.05, 4.69) is 10.6 Å². The number of carbonyl (C=O) groups excluding carboxylic acids is 2. The molecule has 5 heteroatoms. The fourth-order valence-corrected chi connectivity index (χ4v) is 2.52. The lowest BCUT2D eigenvalue weighted by Gasteiger charge is -2.08. The topological polar surface area (TPSA) is 58.2 Å². The molecule has 0 bridgehead atoms. The van der Waals surface area contributed by atoms with Crippen molar-refractivity contribution in [3.63, 3.8) is 0 Å². The van der Waals surface area contributed by atoms with Crippen LogP contribution in [0.2, 0.25) is 5.02 Å². The fraction of sp³-hybridized carbons (Fsp3) is 0. The summed E-state index contributed by atoms with van der Waals surface area (Å²) in [5.41, 5.74) is 2.63. The molecule has 27 heavy (non-hydrogen) atoms. The molecule has 0 radical (unpaired) electrons. The second-order valence-electron chi connectivity index (χ2n) is 5.78. The zero-order valence-corrected chi connectivity index (χ0v) is 15.1. The van der Waals surface area contributed by atoms with Crippen molar-refractivity contribution in [3.8, 4) is 0 Å². The van der Waals surface area contributed by atoms with Crippen molar-refractivity contribution in [2.75, 3.05) is 10.6 Å². The maximum atomic E-state index is 12.2. The van der Waals surface area contributed by atoms with Crippen molar-refractivity contribution >= 4 is 40.9 Å². The molecule has 0 heterocycles. The zero-order valence-electron chi connectivity index (χ0n) is 14.4. The molecule has 0 aliphatic rings. The molecule has 0 unspecified atom stereocenters. The fourth-order valence-electron chi connectivity index (χ4n) is 2.40. The quantitative estimate of drug-likeness (QED) is 0.598. The predicted molar refractivity (Wildman–Crippen MR) is 110 cm³/mol. The van der Waals surface area contributed by atoms with Crippen molar-refractivity contribution in [1.82, 2.24) is 0 Å². The van der Waals surface area contributed by atoms with E-state index in [-0.39, 0.29) is 11.8 Å². The standard InChI is InChI=1S/C22H17ClN2O2/c23-18-12-9-16(10-13-18)11-14-21(26)24-19-7-4-8-20(15-19)25-22(27)17-5-2-1-3-6-17/h1-15H,(H,24,26)(H,25,27). The van der Waals surface area contributed by atoms with Gasteiger partial charge >= 0.3 is 0 Å². The van der Waals surface area contributed by atoms with E-state index in [1.54, 1.807) is 66.7 Å². The van der Waals surface area contributed by atoms with Crippen LogP contribution in [0.15, 0.2) is 84.9 Å². The number of nitrogens with one attached hydrogen (secondary N) is 2. The van der Waals surface area contributed by atoms with E-state index in [4.69, 9.17) is 11.6 Å².